The van der Waals surface area contributed by atoms with Crippen molar-refractivity contribution in [3.05, 3.63) is 34.9 Å². The van der Waals surface area contributed by atoms with Crippen LogP contribution in [0.2, 0.25) is 0 Å². The van der Waals surface area contributed by atoms with Gasteiger partial charge in [-0.3, -0.25) is 0 Å². The van der Waals surface area contributed by atoms with E-state index in [1.807, 2.05) is 6.26 Å². The lowest BCUT2D eigenvalue weighted by Gasteiger charge is -2.17. The number of benzene rings is 1. The second-order valence-electron chi connectivity index (χ2n) is 5.11. The minimum absolute atomic E-state index is 0.104. The first-order valence-corrected chi connectivity index (χ1v) is 8.73. The summed E-state index contributed by atoms with van der Waals surface area (Å²) in [5, 5.41) is 3.93. The second kappa shape index (κ2) is 7.45. The van der Waals surface area contributed by atoms with Crippen molar-refractivity contribution in [3.63, 3.8) is 0 Å². The van der Waals surface area contributed by atoms with Crippen molar-refractivity contribution in [2.45, 2.75) is 44.8 Å². The molecule has 0 fully saturated rings. The zero-order valence-electron chi connectivity index (χ0n) is 13.6. The highest BCUT2D eigenvalue weighted by atomic mass is 32.2. The summed E-state index contributed by atoms with van der Waals surface area (Å²) in [6.45, 7) is 6.47. The molecular weight excluding hydrogens is 294 g/mol. The van der Waals surface area contributed by atoms with Gasteiger partial charge in [-0.2, -0.15) is 15.0 Å². The molecule has 6 heteroatoms. The molecule has 0 saturated heterocycles. The monoisotopic (exact) mass is 317 g/mol. The second-order valence-corrected chi connectivity index (χ2v) is 5.88. The summed E-state index contributed by atoms with van der Waals surface area (Å²) in [4.78, 5) is 12.6. The van der Waals surface area contributed by atoms with Crippen LogP contribution in [0.4, 0.5) is 11.9 Å². The number of thioether (sulfide) groups is 1. The Bertz CT molecular complexity index is 644. The molecule has 0 aliphatic heterocycles. The summed E-state index contributed by atoms with van der Waals surface area (Å²) in [6, 6.07) is 6.74. The molecule has 0 aliphatic carbocycles. The third-order valence-electron chi connectivity index (χ3n) is 3.65. The normalized spacial score (nSPS) is 12.2. The van der Waals surface area contributed by atoms with Gasteiger partial charge in [0.2, 0.25) is 11.9 Å². The van der Waals surface area contributed by atoms with Gasteiger partial charge in [0.25, 0.3) is 0 Å². The van der Waals surface area contributed by atoms with Gasteiger partial charge >= 0.3 is 0 Å². The first-order chi connectivity index (χ1) is 10.6. The van der Waals surface area contributed by atoms with Crippen LogP contribution in [-0.2, 0) is 12.8 Å². The Morgan fingerprint density at radius 1 is 1.14 bits per heavy atom. The van der Waals surface area contributed by atoms with Gasteiger partial charge in [-0.15, -0.1) is 0 Å². The van der Waals surface area contributed by atoms with E-state index in [4.69, 9.17) is 5.73 Å². The number of hydrogen-bond acceptors (Lipinski definition) is 6. The molecule has 0 radical (unpaired) electrons. The molecule has 22 heavy (non-hydrogen) atoms. The number of nitrogens with zero attached hydrogens (tertiary/aromatic N) is 3. The lowest BCUT2D eigenvalue weighted by molar-refractivity contribution is 0.827. The van der Waals surface area contributed by atoms with Gasteiger partial charge in [0.1, 0.15) is 0 Å². The van der Waals surface area contributed by atoms with Crippen molar-refractivity contribution >= 4 is 23.7 Å². The molecule has 0 saturated carbocycles. The number of aryl methyl sites for hydroxylation is 2. The van der Waals surface area contributed by atoms with E-state index >= 15 is 0 Å². The van der Waals surface area contributed by atoms with E-state index in [0.717, 1.165) is 12.8 Å². The maximum Gasteiger partial charge on any atom is 0.228 e. The van der Waals surface area contributed by atoms with Gasteiger partial charge in [0.15, 0.2) is 5.16 Å². The van der Waals surface area contributed by atoms with E-state index in [9.17, 15) is 0 Å². The van der Waals surface area contributed by atoms with E-state index in [-0.39, 0.29) is 12.0 Å². The average molecular weight is 317 g/mol. The molecule has 0 amide bonds. The molecule has 1 atom stereocenters. The SMILES string of the molecule is CCc1ccc(C(C)Nc2nc(N)nc(SC)n2)cc1CC. The Kier molecular flexibility index (Phi) is 5.60. The fourth-order valence-corrected chi connectivity index (χ4v) is 2.76. The first-order valence-electron chi connectivity index (χ1n) is 7.51. The maximum absolute atomic E-state index is 5.72. The molecule has 1 aromatic heterocycles. The topological polar surface area (TPSA) is 76.7 Å². The molecular formula is C16H23N5S. The van der Waals surface area contributed by atoms with Crippen molar-refractivity contribution in [2.24, 2.45) is 0 Å². The summed E-state index contributed by atoms with van der Waals surface area (Å²) >= 11 is 1.45. The fourth-order valence-electron chi connectivity index (χ4n) is 2.39. The van der Waals surface area contributed by atoms with E-state index < -0.39 is 0 Å². The van der Waals surface area contributed by atoms with Crippen molar-refractivity contribution in [1.29, 1.82) is 0 Å². The lowest BCUT2D eigenvalue weighted by atomic mass is 9.97. The van der Waals surface area contributed by atoms with Crippen LogP contribution < -0.4 is 11.1 Å². The predicted molar refractivity (Wildman–Crippen MR) is 93.3 cm³/mol. The number of nitrogens with one attached hydrogen (secondary N) is 1. The van der Waals surface area contributed by atoms with Crippen LogP contribution in [0.15, 0.2) is 23.4 Å². The van der Waals surface area contributed by atoms with Crippen LogP contribution in [0.3, 0.4) is 0 Å². The van der Waals surface area contributed by atoms with Crippen LogP contribution >= 0.6 is 11.8 Å². The molecule has 1 aromatic carbocycles. The van der Waals surface area contributed by atoms with Gasteiger partial charge in [-0.25, -0.2) is 0 Å². The summed E-state index contributed by atoms with van der Waals surface area (Å²) in [5.74, 6) is 0.756. The molecule has 5 nitrogen and oxygen atoms in total. The average Bonchev–Trinajstić information content (AvgIpc) is 2.53. The number of aromatic nitrogens is 3. The number of nitrogen functional groups attached to an aromatic ring is 1. The lowest BCUT2D eigenvalue weighted by Crippen LogP contribution is -2.12. The summed E-state index contributed by atoms with van der Waals surface area (Å²) in [6.07, 6.45) is 4.02. The number of nitrogens with two attached hydrogens (primary N) is 1. The molecule has 0 bridgehead atoms. The third-order valence-corrected chi connectivity index (χ3v) is 4.20. The Morgan fingerprint density at radius 2 is 1.86 bits per heavy atom. The van der Waals surface area contributed by atoms with E-state index in [2.05, 4.69) is 59.2 Å². The highest BCUT2D eigenvalue weighted by Gasteiger charge is 2.11. The smallest absolute Gasteiger partial charge is 0.228 e. The van der Waals surface area contributed by atoms with Crippen LogP contribution in [0, 0.1) is 0 Å². The molecule has 1 heterocycles. The number of hydrogen-bond donors (Lipinski definition) is 2. The largest absolute Gasteiger partial charge is 0.368 e. The molecule has 1 unspecified atom stereocenters. The Hall–Kier alpha value is -1.82. The van der Waals surface area contributed by atoms with Crippen LogP contribution in [0.5, 0.6) is 0 Å². The van der Waals surface area contributed by atoms with Crippen molar-refractivity contribution < 1.29 is 0 Å². The minimum atomic E-state index is 0.104. The molecule has 2 rings (SSSR count). The Balaban J connectivity index is 2.21. The van der Waals surface area contributed by atoms with Crippen molar-refractivity contribution in [3.8, 4) is 0 Å². The Morgan fingerprint density at radius 3 is 2.50 bits per heavy atom. The van der Waals surface area contributed by atoms with E-state index in [1.165, 1.54) is 28.5 Å². The highest BCUT2D eigenvalue weighted by Crippen LogP contribution is 2.22. The van der Waals surface area contributed by atoms with Crippen molar-refractivity contribution in [1.82, 2.24) is 15.0 Å². The summed E-state index contributed by atoms with van der Waals surface area (Å²) < 4.78 is 0. The van der Waals surface area contributed by atoms with Gasteiger partial charge in [-0.05, 0) is 42.7 Å². The van der Waals surface area contributed by atoms with E-state index in [0.29, 0.717) is 11.1 Å². The van der Waals surface area contributed by atoms with Crippen molar-refractivity contribution in [2.75, 3.05) is 17.3 Å². The van der Waals surface area contributed by atoms with Gasteiger partial charge in [0, 0.05) is 0 Å². The van der Waals surface area contributed by atoms with Crippen LogP contribution in [0.1, 0.15) is 43.5 Å². The number of anilines is 2. The summed E-state index contributed by atoms with van der Waals surface area (Å²) in [5.41, 5.74) is 9.75. The minimum Gasteiger partial charge on any atom is -0.368 e. The van der Waals surface area contributed by atoms with E-state index in [1.54, 1.807) is 0 Å². The maximum atomic E-state index is 5.72. The Labute approximate surface area is 136 Å². The molecule has 118 valence electrons. The molecule has 0 aliphatic rings. The highest BCUT2D eigenvalue weighted by molar-refractivity contribution is 7.98. The van der Waals surface area contributed by atoms with Crippen LogP contribution in [-0.4, -0.2) is 21.2 Å². The van der Waals surface area contributed by atoms with Crippen LogP contribution in [0.25, 0.3) is 0 Å². The summed E-state index contributed by atoms with van der Waals surface area (Å²) in [7, 11) is 0. The van der Waals surface area contributed by atoms with Gasteiger partial charge in [-0.1, -0.05) is 43.8 Å². The molecule has 2 aromatic rings. The zero-order chi connectivity index (χ0) is 16.1. The third kappa shape index (κ3) is 3.88. The standard InChI is InChI=1S/C16H23N5S/c1-5-11-7-8-13(9-12(11)6-2)10(3)18-15-19-14(17)20-16(21-15)22-4/h7-10H,5-6H2,1-4H3,(H3,17,18,19,20,21). The molecule has 3 N–H and O–H groups in total. The molecule has 0 spiro atoms. The zero-order valence-corrected chi connectivity index (χ0v) is 14.4. The van der Waals surface area contributed by atoms with Gasteiger partial charge < -0.3 is 11.1 Å². The fraction of sp³-hybridized carbons (Fsp3) is 0.438. The predicted octanol–water partition coefficient (Wildman–Crippen LogP) is 3.47. The first kappa shape index (κ1) is 16.5. The quantitative estimate of drug-likeness (QED) is 0.794. The number of rotatable bonds is 6. The van der Waals surface area contributed by atoms with Gasteiger partial charge in [0.05, 0.1) is 6.04 Å².